The summed E-state index contributed by atoms with van der Waals surface area (Å²) in [5.41, 5.74) is 0.0580. The molecule has 2 nitrogen and oxygen atoms in total. The molecule has 0 bridgehead atoms. The Balaban J connectivity index is 2.32. The summed E-state index contributed by atoms with van der Waals surface area (Å²) < 4.78 is 36.6. The van der Waals surface area contributed by atoms with Gasteiger partial charge >= 0.3 is 6.18 Å². The van der Waals surface area contributed by atoms with E-state index < -0.39 is 18.3 Å². The van der Waals surface area contributed by atoms with Gasteiger partial charge in [0.25, 0.3) is 0 Å². The number of aromatic nitrogens is 1. The molecule has 1 aromatic carbocycles. The van der Waals surface area contributed by atoms with E-state index in [0.29, 0.717) is 5.56 Å². The number of alkyl halides is 3. The van der Waals surface area contributed by atoms with Crippen molar-refractivity contribution >= 4 is 16.6 Å². The van der Waals surface area contributed by atoms with Crippen molar-refractivity contribution in [3.8, 4) is 0 Å². The number of hydrogen-bond donors (Lipinski definition) is 2. The molecule has 0 aliphatic carbocycles. The Morgan fingerprint density at radius 2 is 1.94 bits per heavy atom. The zero-order valence-corrected chi connectivity index (χ0v) is 8.23. The van der Waals surface area contributed by atoms with Gasteiger partial charge in [-0.1, -0.05) is 18.2 Å². The molecule has 1 aromatic heterocycles. The van der Waals surface area contributed by atoms with E-state index in [-0.39, 0.29) is 0 Å². The topological polar surface area (TPSA) is 39.6 Å². The minimum Gasteiger partial charge on any atom is -0.361 e. The predicted octanol–water partition coefficient (Wildman–Crippen LogP) is 3.29. The van der Waals surface area contributed by atoms with Crippen molar-refractivity contribution < 1.29 is 13.2 Å². The molecule has 2 N–H and O–H groups in total. The van der Waals surface area contributed by atoms with E-state index in [1.165, 1.54) is 6.20 Å². The average molecular weight is 226 g/mol. The summed E-state index contributed by atoms with van der Waals surface area (Å²) in [6.07, 6.45) is -3.42. The van der Waals surface area contributed by atoms with Crippen LogP contribution in [0.1, 0.15) is 5.56 Å². The van der Waals surface area contributed by atoms with Crippen molar-refractivity contribution in [2.45, 2.75) is 12.6 Å². The molecule has 2 rings (SSSR count). The van der Waals surface area contributed by atoms with E-state index in [2.05, 4.69) is 4.98 Å². The third-order valence-electron chi connectivity index (χ3n) is 2.38. The van der Waals surface area contributed by atoms with Gasteiger partial charge in [-0.3, -0.25) is 0 Å². The second kappa shape index (κ2) is 3.66. The van der Waals surface area contributed by atoms with Crippen LogP contribution in [0, 0.1) is 5.41 Å². The minimum absolute atomic E-state index is 0.395. The van der Waals surface area contributed by atoms with Crippen LogP contribution in [-0.4, -0.2) is 16.9 Å². The molecule has 0 saturated carbocycles. The first-order valence-electron chi connectivity index (χ1n) is 4.68. The number of hydrogen-bond acceptors (Lipinski definition) is 1. The number of aromatic amines is 1. The predicted molar refractivity (Wildman–Crippen MR) is 55.8 cm³/mol. The number of halogens is 3. The molecule has 0 unspecified atom stereocenters. The first kappa shape index (κ1) is 10.7. The van der Waals surface area contributed by atoms with Crippen LogP contribution < -0.4 is 0 Å². The zero-order valence-electron chi connectivity index (χ0n) is 8.23. The van der Waals surface area contributed by atoms with Crippen LogP contribution in [0.3, 0.4) is 0 Å². The second-order valence-corrected chi connectivity index (χ2v) is 3.51. The number of nitrogens with one attached hydrogen (secondary N) is 2. The lowest BCUT2D eigenvalue weighted by Crippen LogP contribution is -2.23. The van der Waals surface area contributed by atoms with Crippen LogP contribution in [0.2, 0.25) is 0 Å². The van der Waals surface area contributed by atoms with Gasteiger partial charge in [0.1, 0.15) is 5.71 Å². The largest absolute Gasteiger partial charge is 0.429 e. The smallest absolute Gasteiger partial charge is 0.361 e. The van der Waals surface area contributed by atoms with Gasteiger partial charge in [-0.15, -0.1) is 0 Å². The fourth-order valence-corrected chi connectivity index (χ4v) is 1.57. The molecular formula is C11H9F3N2. The molecule has 0 radical (unpaired) electrons. The highest BCUT2D eigenvalue weighted by molar-refractivity contribution is 5.93. The standard InChI is InChI=1S/C11H9F3N2/c12-11(13,14)10(15)5-7-6-16-9-4-2-1-3-8(7)9/h1-4,6,15-16H,5H2. The van der Waals surface area contributed by atoms with Gasteiger partial charge in [-0.2, -0.15) is 13.2 Å². The molecule has 5 heteroatoms. The van der Waals surface area contributed by atoms with E-state index >= 15 is 0 Å². The lowest BCUT2D eigenvalue weighted by molar-refractivity contribution is -0.0608. The molecule has 0 aliphatic rings. The summed E-state index contributed by atoms with van der Waals surface area (Å²) in [7, 11) is 0. The maximum Gasteiger partial charge on any atom is 0.429 e. The first-order chi connectivity index (χ1) is 7.48. The van der Waals surface area contributed by atoms with Gasteiger partial charge in [-0.25, -0.2) is 0 Å². The van der Waals surface area contributed by atoms with E-state index in [1.807, 2.05) is 0 Å². The maximum atomic E-state index is 12.2. The summed E-state index contributed by atoms with van der Waals surface area (Å²) in [6, 6.07) is 7.09. The zero-order chi connectivity index (χ0) is 11.8. The normalized spacial score (nSPS) is 11.9. The van der Waals surface area contributed by atoms with Crippen LogP contribution in [0.5, 0.6) is 0 Å². The number of benzene rings is 1. The van der Waals surface area contributed by atoms with Gasteiger partial charge in [0.05, 0.1) is 0 Å². The van der Waals surface area contributed by atoms with Gasteiger partial charge in [0, 0.05) is 23.5 Å². The molecule has 0 aliphatic heterocycles. The van der Waals surface area contributed by atoms with Crippen molar-refractivity contribution in [3.05, 3.63) is 36.0 Å². The Bertz CT molecular complexity index is 525. The molecule has 0 spiro atoms. The Hall–Kier alpha value is -1.78. The van der Waals surface area contributed by atoms with Crippen molar-refractivity contribution in [3.63, 3.8) is 0 Å². The minimum atomic E-state index is -4.54. The molecule has 0 saturated heterocycles. The lowest BCUT2D eigenvalue weighted by atomic mass is 10.1. The molecule has 0 amide bonds. The van der Waals surface area contributed by atoms with Crippen LogP contribution in [0.25, 0.3) is 10.9 Å². The monoisotopic (exact) mass is 226 g/mol. The van der Waals surface area contributed by atoms with Crippen LogP contribution in [0.15, 0.2) is 30.5 Å². The van der Waals surface area contributed by atoms with E-state index in [9.17, 15) is 13.2 Å². The molecular weight excluding hydrogens is 217 g/mol. The summed E-state index contributed by atoms with van der Waals surface area (Å²) in [6.45, 7) is 0. The molecule has 2 aromatic rings. The Labute approximate surface area is 89.6 Å². The highest BCUT2D eigenvalue weighted by atomic mass is 19.4. The Kier molecular flexibility index (Phi) is 2.46. The first-order valence-corrected chi connectivity index (χ1v) is 4.68. The number of para-hydroxylation sites is 1. The molecule has 16 heavy (non-hydrogen) atoms. The fraction of sp³-hybridized carbons (Fsp3) is 0.182. The molecule has 0 atom stereocenters. The quantitative estimate of drug-likeness (QED) is 0.737. The summed E-state index contributed by atoms with van der Waals surface area (Å²) >= 11 is 0. The highest BCUT2D eigenvalue weighted by Gasteiger charge is 2.34. The van der Waals surface area contributed by atoms with Crippen LogP contribution in [0.4, 0.5) is 13.2 Å². The summed E-state index contributed by atoms with van der Waals surface area (Å²) in [5, 5.41) is 7.69. The average Bonchev–Trinajstić information content (AvgIpc) is 2.61. The van der Waals surface area contributed by atoms with E-state index in [0.717, 1.165) is 10.9 Å². The maximum absolute atomic E-state index is 12.2. The second-order valence-electron chi connectivity index (χ2n) is 3.51. The van der Waals surface area contributed by atoms with Gasteiger partial charge in [-0.05, 0) is 11.6 Å². The van der Waals surface area contributed by atoms with Crippen molar-refractivity contribution in [1.29, 1.82) is 5.41 Å². The van der Waals surface area contributed by atoms with Crippen molar-refractivity contribution in [1.82, 2.24) is 4.98 Å². The molecule has 1 heterocycles. The van der Waals surface area contributed by atoms with E-state index in [4.69, 9.17) is 5.41 Å². The number of fused-ring (bicyclic) bond motifs is 1. The van der Waals surface area contributed by atoms with Crippen LogP contribution in [-0.2, 0) is 6.42 Å². The highest BCUT2D eigenvalue weighted by Crippen LogP contribution is 2.23. The van der Waals surface area contributed by atoms with Gasteiger partial charge in [0.15, 0.2) is 0 Å². The SMILES string of the molecule is N=C(Cc1c[nH]c2ccccc12)C(F)(F)F. The fourth-order valence-electron chi connectivity index (χ4n) is 1.57. The third kappa shape index (κ3) is 1.93. The molecule has 0 fully saturated rings. The molecule has 84 valence electrons. The lowest BCUT2D eigenvalue weighted by Gasteiger charge is -2.06. The van der Waals surface area contributed by atoms with Crippen molar-refractivity contribution in [2.75, 3.05) is 0 Å². The number of H-pyrrole nitrogens is 1. The van der Waals surface area contributed by atoms with Crippen LogP contribution >= 0.6 is 0 Å². The summed E-state index contributed by atoms with van der Waals surface area (Å²) in [4.78, 5) is 2.88. The van der Waals surface area contributed by atoms with Gasteiger partial charge < -0.3 is 10.4 Å². The van der Waals surface area contributed by atoms with Crippen molar-refractivity contribution in [2.24, 2.45) is 0 Å². The number of rotatable bonds is 2. The third-order valence-corrected chi connectivity index (χ3v) is 2.38. The summed E-state index contributed by atoms with van der Waals surface area (Å²) in [5.74, 6) is 0. The Morgan fingerprint density at radius 1 is 1.25 bits per heavy atom. The van der Waals surface area contributed by atoms with E-state index in [1.54, 1.807) is 24.3 Å². The Morgan fingerprint density at radius 3 is 2.62 bits per heavy atom. The van der Waals surface area contributed by atoms with Gasteiger partial charge in [0.2, 0.25) is 0 Å².